The summed E-state index contributed by atoms with van der Waals surface area (Å²) in [5.41, 5.74) is 0.207. The molecule has 0 aliphatic rings. The first-order valence-electron chi connectivity index (χ1n) is 6.35. The van der Waals surface area contributed by atoms with Crippen molar-refractivity contribution in [2.24, 2.45) is 0 Å². The van der Waals surface area contributed by atoms with Gasteiger partial charge in [-0.1, -0.05) is 19.1 Å². The molecule has 0 spiro atoms. The van der Waals surface area contributed by atoms with Crippen LogP contribution in [0.4, 0.5) is 10.1 Å². The van der Waals surface area contributed by atoms with Crippen molar-refractivity contribution in [3.63, 3.8) is 0 Å². The molecule has 0 bridgehead atoms. The van der Waals surface area contributed by atoms with Crippen LogP contribution in [0.25, 0.3) is 0 Å². The molecule has 0 atom stereocenters. The van der Waals surface area contributed by atoms with Crippen LogP contribution in [0.15, 0.2) is 24.3 Å². The Morgan fingerprint density at radius 2 is 2.00 bits per heavy atom. The molecule has 0 unspecified atom stereocenters. The normalized spacial score (nSPS) is 10.1. The zero-order valence-corrected chi connectivity index (χ0v) is 11.3. The molecule has 1 rings (SSSR count). The Morgan fingerprint density at radius 3 is 2.58 bits per heavy atom. The van der Waals surface area contributed by atoms with Crippen LogP contribution < -0.4 is 10.2 Å². The quantitative estimate of drug-likeness (QED) is 0.857. The summed E-state index contributed by atoms with van der Waals surface area (Å²) >= 11 is 0. The summed E-state index contributed by atoms with van der Waals surface area (Å²) in [4.78, 5) is 24.3. The van der Waals surface area contributed by atoms with Crippen LogP contribution in [0.3, 0.4) is 0 Å². The minimum atomic E-state index is -0.466. The van der Waals surface area contributed by atoms with E-state index in [9.17, 15) is 14.0 Å². The Bertz CT molecular complexity index is 449. The van der Waals surface area contributed by atoms with E-state index in [0.717, 1.165) is 6.42 Å². The number of rotatable bonds is 6. The zero-order valence-electron chi connectivity index (χ0n) is 11.3. The van der Waals surface area contributed by atoms with Crippen LogP contribution in [-0.2, 0) is 9.59 Å². The number of hydrogen-bond acceptors (Lipinski definition) is 2. The van der Waals surface area contributed by atoms with Gasteiger partial charge in [-0.15, -0.1) is 0 Å². The lowest BCUT2D eigenvalue weighted by molar-refractivity contribution is -0.121. The summed E-state index contributed by atoms with van der Waals surface area (Å²) in [6.07, 6.45) is 1.02. The smallest absolute Gasteiger partial charge is 0.223 e. The van der Waals surface area contributed by atoms with Crippen molar-refractivity contribution in [2.75, 3.05) is 18.0 Å². The largest absolute Gasteiger partial charge is 0.356 e. The molecule has 104 valence electrons. The van der Waals surface area contributed by atoms with E-state index in [2.05, 4.69) is 5.32 Å². The number of benzene rings is 1. The number of nitrogens with one attached hydrogen (secondary N) is 1. The van der Waals surface area contributed by atoms with Crippen molar-refractivity contribution in [3.05, 3.63) is 30.1 Å². The molecule has 0 aliphatic carbocycles. The van der Waals surface area contributed by atoms with Gasteiger partial charge in [0.25, 0.3) is 0 Å². The molecule has 0 aromatic heterocycles. The van der Waals surface area contributed by atoms with E-state index in [-0.39, 0.29) is 30.5 Å². The van der Waals surface area contributed by atoms with Gasteiger partial charge in [-0.3, -0.25) is 9.59 Å². The molecule has 0 radical (unpaired) electrons. The fourth-order valence-electron chi connectivity index (χ4n) is 1.68. The number of halogens is 1. The molecule has 4 nitrogen and oxygen atoms in total. The number of anilines is 1. The van der Waals surface area contributed by atoms with Gasteiger partial charge in [0, 0.05) is 26.4 Å². The number of amides is 2. The monoisotopic (exact) mass is 266 g/mol. The van der Waals surface area contributed by atoms with Crippen molar-refractivity contribution in [3.8, 4) is 0 Å². The van der Waals surface area contributed by atoms with Gasteiger partial charge in [-0.25, -0.2) is 4.39 Å². The van der Waals surface area contributed by atoms with Crippen molar-refractivity contribution < 1.29 is 14.0 Å². The lowest BCUT2D eigenvalue weighted by Crippen LogP contribution is -2.34. The fourth-order valence-corrected chi connectivity index (χ4v) is 1.68. The van der Waals surface area contributed by atoms with Gasteiger partial charge in [0.2, 0.25) is 11.8 Å². The highest BCUT2D eigenvalue weighted by atomic mass is 19.1. The molecule has 2 amide bonds. The summed E-state index contributed by atoms with van der Waals surface area (Å²) in [5, 5.41) is 2.72. The first kappa shape index (κ1) is 15.1. The van der Waals surface area contributed by atoms with E-state index in [1.165, 1.54) is 24.0 Å². The molecule has 19 heavy (non-hydrogen) atoms. The second-order valence-corrected chi connectivity index (χ2v) is 4.22. The van der Waals surface area contributed by atoms with Gasteiger partial charge in [-0.2, -0.15) is 0 Å². The SMILES string of the molecule is CCCNC(=O)CCN(C(C)=O)c1ccccc1F. The van der Waals surface area contributed by atoms with Gasteiger partial charge in [0.15, 0.2) is 0 Å². The van der Waals surface area contributed by atoms with Crippen molar-refractivity contribution in [1.82, 2.24) is 5.32 Å². The summed E-state index contributed by atoms with van der Waals surface area (Å²) in [7, 11) is 0. The molecular weight excluding hydrogens is 247 g/mol. The van der Waals surface area contributed by atoms with E-state index in [0.29, 0.717) is 6.54 Å². The molecule has 1 aromatic rings. The van der Waals surface area contributed by atoms with Crippen LogP contribution in [0.1, 0.15) is 26.7 Å². The second kappa shape index (κ2) is 7.51. The third-order valence-electron chi connectivity index (χ3n) is 2.66. The highest BCUT2D eigenvalue weighted by Gasteiger charge is 2.16. The van der Waals surface area contributed by atoms with Gasteiger partial charge in [0.05, 0.1) is 5.69 Å². The molecule has 1 aromatic carbocycles. The topological polar surface area (TPSA) is 49.4 Å². The molecule has 5 heteroatoms. The molecular formula is C14H19FN2O2. The van der Waals surface area contributed by atoms with Crippen LogP contribution in [0, 0.1) is 5.82 Å². The first-order chi connectivity index (χ1) is 9.06. The second-order valence-electron chi connectivity index (χ2n) is 4.22. The molecule has 0 saturated carbocycles. The summed E-state index contributed by atoms with van der Waals surface area (Å²) < 4.78 is 13.6. The van der Waals surface area contributed by atoms with Crippen molar-refractivity contribution >= 4 is 17.5 Å². The molecule has 1 N–H and O–H groups in total. The maximum Gasteiger partial charge on any atom is 0.223 e. The third kappa shape index (κ3) is 4.69. The van der Waals surface area contributed by atoms with Crippen LogP contribution in [0.5, 0.6) is 0 Å². The highest BCUT2D eigenvalue weighted by Crippen LogP contribution is 2.18. The highest BCUT2D eigenvalue weighted by molar-refractivity contribution is 5.92. The van der Waals surface area contributed by atoms with E-state index < -0.39 is 5.82 Å². The average Bonchev–Trinajstić information content (AvgIpc) is 2.38. The summed E-state index contributed by atoms with van der Waals surface area (Å²) in [5.74, 6) is -0.885. The van der Waals surface area contributed by atoms with Crippen molar-refractivity contribution in [2.45, 2.75) is 26.7 Å². The Morgan fingerprint density at radius 1 is 1.32 bits per heavy atom. The first-order valence-corrected chi connectivity index (χ1v) is 6.35. The van der Waals surface area contributed by atoms with Gasteiger partial charge in [-0.05, 0) is 18.6 Å². The Labute approximate surface area is 112 Å². The predicted octanol–water partition coefficient (Wildman–Crippen LogP) is 2.09. The minimum Gasteiger partial charge on any atom is -0.356 e. The summed E-state index contributed by atoms with van der Waals surface area (Å²) in [6, 6.07) is 6.04. The van der Waals surface area contributed by atoms with Gasteiger partial charge < -0.3 is 10.2 Å². The average molecular weight is 266 g/mol. The molecule has 0 heterocycles. The van der Waals surface area contributed by atoms with E-state index in [1.807, 2.05) is 6.92 Å². The number of carbonyl (C=O) groups is 2. The lowest BCUT2D eigenvalue weighted by Gasteiger charge is -2.21. The molecule has 0 aliphatic heterocycles. The van der Waals surface area contributed by atoms with Crippen molar-refractivity contribution in [1.29, 1.82) is 0 Å². The number of hydrogen-bond donors (Lipinski definition) is 1. The number of carbonyl (C=O) groups excluding carboxylic acids is 2. The Hall–Kier alpha value is -1.91. The lowest BCUT2D eigenvalue weighted by atomic mass is 10.2. The van der Waals surface area contributed by atoms with E-state index in [4.69, 9.17) is 0 Å². The van der Waals surface area contributed by atoms with E-state index in [1.54, 1.807) is 12.1 Å². The van der Waals surface area contributed by atoms with Gasteiger partial charge >= 0.3 is 0 Å². The maximum absolute atomic E-state index is 13.6. The zero-order chi connectivity index (χ0) is 14.3. The minimum absolute atomic E-state index is 0.135. The molecule has 0 saturated heterocycles. The third-order valence-corrected chi connectivity index (χ3v) is 2.66. The van der Waals surface area contributed by atoms with Crippen LogP contribution >= 0.6 is 0 Å². The van der Waals surface area contributed by atoms with Gasteiger partial charge in [0.1, 0.15) is 5.82 Å². The Balaban J connectivity index is 2.67. The molecule has 0 fully saturated rings. The standard InChI is InChI=1S/C14H19FN2O2/c1-3-9-16-14(19)8-10-17(11(2)18)13-7-5-4-6-12(13)15/h4-7H,3,8-10H2,1-2H3,(H,16,19). The summed E-state index contributed by atoms with van der Waals surface area (Å²) in [6.45, 7) is 4.10. The fraction of sp³-hybridized carbons (Fsp3) is 0.429. The maximum atomic E-state index is 13.6. The number of para-hydroxylation sites is 1. The van der Waals surface area contributed by atoms with Crippen LogP contribution in [0.2, 0.25) is 0 Å². The Kier molecular flexibility index (Phi) is 5.99. The van der Waals surface area contributed by atoms with E-state index >= 15 is 0 Å². The number of nitrogens with zero attached hydrogens (tertiary/aromatic N) is 1. The predicted molar refractivity (Wildman–Crippen MR) is 72.3 cm³/mol. The van der Waals surface area contributed by atoms with Crippen LogP contribution in [-0.4, -0.2) is 24.9 Å².